The summed E-state index contributed by atoms with van der Waals surface area (Å²) in [7, 11) is 0. The van der Waals surface area contributed by atoms with Crippen LogP contribution in [0.3, 0.4) is 0 Å². The molecule has 2 aliphatic rings. The predicted molar refractivity (Wildman–Crippen MR) is 72.8 cm³/mol. The lowest BCUT2D eigenvalue weighted by molar-refractivity contribution is -0.136. The second kappa shape index (κ2) is 7.14. The Kier molecular flexibility index (Phi) is 5.83. The minimum Gasteiger partial charge on any atom is -0.296 e. The minimum atomic E-state index is -0.132. The van der Waals surface area contributed by atoms with Crippen molar-refractivity contribution >= 4 is 11.8 Å². The van der Waals surface area contributed by atoms with E-state index in [1.54, 1.807) is 0 Å². The largest absolute Gasteiger partial charge is 0.296 e. The van der Waals surface area contributed by atoms with Crippen molar-refractivity contribution in [1.82, 2.24) is 5.32 Å². The smallest absolute Gasteiger partial charge is 0.229 e. The molecule has 1 N–H and O–H groups in total. The van der Waals surface area contributed by atoms with Crippen molar-refractivity contribution in [1.29, 1.82) is 0 Å². The van der Waals surface area contributed by atoms with Gasteiger partial charge in [-0.05, 0) is 25.2 Å². The van der Waals surface area contributed by atoms with Gasteiger partial charge >= 0.3 is 0 Å². The first-order valence-electron chi connectivity index (χ1n) is 6.85. The molecule has 0 bridgehead atoms. The summed E-state index contributed by atoms with van der Waals surface area (Å²) in [5.41, 5.74) is 1.32. The molecule has 0 aromatic heterocycles. The van der Waals surface area contributed by atoms with Gasteiger partial charge in [0.1, 0.15) is 0 Å². The van der Waals surface area contributed by atoms with E-state index in [0.29, 0.717) is 18.8 Å². The molecular weight excluding hydrogens is 226 g/mol. The third-order valence-corrected chi connectivity index (χ3v) is 3.22. The highest BCUT2D eigenvalue weighted by atomic mass is 16.2. The molecule has 0 saturated carbocycles. The van der Waals surface area contributed by atoms with Gasteiger partial charge in [-0.1, -0.05) is 44.6 Å². The Balaban J connectivity index is 0.000000771. The monoisotopic (exact) mass is 249 g/mol. The number of carbonyl (C=O) groups is 2. The second-order valence-corrected chi connectivity index (χ2v) is 4.74. The lowest BCUT2D eigenvalue weighted by Gasteiger charge is -2.23. The summed E-state index contributed by atoms with van der Waals surface area (Å²) in [6.07, 6.45) is 9.35. The molecule has 2 amide bonds. The molecule has 18 heavy (non-hydrogen) atoms. The Labute approximate surface area is 109 Å². The average Bonchev–Trinajstić information content (AvgIpc) is 2.35. The zero-order valence-corrected chi connectivity index (χ0v) is 11.5. The van der Waals surface area contributed by atoms with E-state index in [1.165, 1.54) is 5.57 Å². The van der Waals surface area contributed by atoms with Crippen LogP contribution in [-0.4, -0.2) is 11.8 Å². The number of rotatable bonds is 2. The van der Waals surface area contributed by atoms with Crippen LogP contribution < -0.4 is 5.32 Å². The fraction of sp³-hybridized carbons (Fsp3) is 0.600. The van der Waals surface area contributed by atoms with Gasteiger partial charge in [0.15, 0.2) is 0 Å². The summed E-state index contributed by atoms with van der Waals surface area (Å²) < 4.78 is 0. The van der Waals surface area contributed by atoms with Crippen LogP contribution in [0.1, 0.15) is 46.5 Å². The Bertz CT molecular complexity index is 369. The van der Waals surface area contributed by atoms with E-state index in [9.17, 15) is 9.59 Å². The van der Waals surface area contributed by atoms with E-state index < -0.39 is 0 Å². The van der Waals surface area contributed by atoms with Gasteiger partial charge in [0.2, 0.25) is 11.8 Å². The van der Waals surface area contributed by atoms with E-state index in [1.807, 2.05) is 13.8 Å². The van der Waals surface area contributed by atoms with Crippen LogP contribution >= 0.6 is 0 Å². The van der Waals surface area contributed by atoms with Crippen LogP contribution in [0.15, 0.2) is 23.8 Å². The highest BCUT2D eigenvalue weighted by Gasteiger charge is 2.27. The minimum absolute atomic E-state index is 0.0114. The van der Waals surface area contributed by atoms with Crippen LogP contribution in [0.4, 0.5) is 0 Å². The van der Waals surface area contributed by atoms with Crippen LogP contribution in [0.25, 0.3) is 0 Å². The van der Waals surface area contributed by atoms with Gasteiger partial charge in [-0.25, -0.2) is 0 Å². The first-order chi connectivity index (χ1) is 8.65. The average molecular weight is 249 g/mol. The Morgan fingerprint density at radius 2 is 2.06 bits per heavy atom. The van der Waals surface area contributed by atoms with Crippen molar-refractivity contribution in [2.75, 3.05) is 0 Å². The molecular formula is C15H23NO2. The quantitative estimate of drug-likeness (QED) is 0.765. The summed E-state index contributed by atoms with van der Waals surface area (Å²) in [5.74, 6) is 0.322. The standard InChI is InChI=1S/C13H17NO2.C2H6/c1-9-3-2-4-10(7-9)8-11-5-6-12(15)14-13(11)16;1-2/h2-4,9,11H,5-8H2,1H3,(H,14,15,16);1-2H3. The maximum Gasteiger partial charge on any atom is 0.229 e. The Hall–Kier alpha value is -1.38. The molecule has 3 nitrogen and oxygen atoms in total. The second-order valence-electron chi connectivity index (χ2n) is 4.74. The molecule has 1 saturated heterocycles. The number of piperidine rings is 1. The molecule has 2 atom stereocenters. The molecule has 3 heteroatoms. The van der Waals surface area contributed by atoms with Gasteiger partial charge in [-0.3, -0.25) is 14.9 Å². The third kappa shape index (κ3) is 4.13. The van der Waals surface area contributed by atoms with Crippen LogP contribution in [0.2, 0.25) is 0 Å². The number of hydrogen-bond donors (Lipinski definition) is 1. The van der Waals surface area contributed by atoms with Crippen molar-refractivity contribution in [3.63, 3.8) is 0 Å². The topological polar surface area (TPSA) is 46.2 Å². The van der Waals surface area contributed by atoms with E-state index in [2.05, 4.69) is 30.5 Å². The number of allylic oxidation sites excluding steroid dienone is 4. The summed E-state index contributed by atoms with van der Waals surface area (Å²) >= 11 is 0. The summed E-state index contributed by atoms with van der Waals surface area (Å²) in [5, 5.41) is 2.41. The molecule has 1 aliphatic heterocycles. The van der Waals surface area contributed by atoms with Crippen molar-refractivity contribution in [3.05, 3.63) is 23.8 Å². The molecule has 0 aromatic rings. The fourth-order valence-electron chi connectivity index (χ4n) is 2.33. The number of amides is 2. The summed E-state index contributed by atoms with van der Waals surface area (Å²) in [6.45, 7) is 6.17. The molecule has 0 aromatic carbocycles. The fourth-order valence-corrected chi connectivity index (χ4v) is 2.33. The molecule has 1 fully saturated rings. The van der Waals surface area contributed by atoms with Crippen molar-refractivity contribution in [3.8, 4) is 0 Å². The van der Waals surface area contributed by atoms with E-state index in [0.717, 1.165) is 12.8 Å². The van der Waals surface area contributed by atoms with Gasteiger partial charge in [0.05, 0.1) is 0 Å². The van der Waals surface area contributed by atoms with Gasteiger partial charge in [-0.15, -0.1) is 0 Å². The first kappa shape index (κ1) is 14.7. The zero-order valence-electron chi connectivity index (χ0n) is 11.5. The van der Waals surface area contributed by atoms with Gasteiger partial charge in [0, 0.05) is 12.3 Å². The van der Waals surface area contributed by atoms with E-state index in [4.69, 9.17) is 0 Å². The molecule has 2 unspecified atom stereocenters. The molecule has 100 valence electrons. The Morgan fingerprint density at radius 1 is 1.33 bits per heavy atom. The Morgan fingerprint density at radius 3 is 2.67 bits per heavy atom. The maximum atomic E-state index is 11.6. The maximum absolute atomic E-state index is 11.6. The molecule has 0 spiro atoms. The highest BCUT2D eigenvalue weighted by molar-refractivity contribution is 5.98. The number of imide groups is 1. The number of nitrogens with one attached hydrogen (secondary N) is 1. The predicted octanol–water partition coefficient (Wildman–Crippen LogP) is 2.98. The normalized spacial score (nSPS) is 26.9. The third-order valence-electron chi connectivity index (χ3n) is 3.22. The first-order valence-corrected chi connectivity index (χ1v) is 6.85. The van der Waals surface area contributed by atoms with Crippen molar-refractivity contribution in [2.45, 2.75) is 46.5 Å². The van der Waals surface area contributed by atoms with Gasteiger partial charge in [0.25, 0.3) is 0 Å². The van der Waals surface area contributed by atoms with Crippen molar-refractivity contribution < 1.29 is 9.59 Å². The molecule has 2 rings (SSSR count). The number of hydrogen-bond acceptors (Lipinski definition) is 2. The molecule has 1 heterocycles. The van der Waals surface area contributed by atoms with Crippen LogP contribution in [-0.2, 0) is 9.59 Å². The summed E-state index contributed by atoms with van der Waals surface area (Å²) in [6, 6.07) is 0. The zero-order chi connectivity index (χ0) is 13.5. The van der Waals surface area contributed by atoms with Gasteiger partial charge in [-0.2, -0.15) is 0 Å². The van der Waals surface area contributed by atoms with E-state index >= 15 is 0 Å². The van der Waals surface area contributed by atoms with E-state index in [-0.39, 0.29) is 17.7 Å². The SMILES string of the molecule is CC.CC1C=CC=C(CC2CCC(=O)NC2=O)C1. The van der Waals surface area contributed by atoms with Gasteiger partial charge < -0.3 is 0 Å². The molecule has 0 radical (unpaired) electrons. The van der Waals surface area contributed by atoms with Crippen LogP contribution in [0.5, 0.6) is 0 Å². The summed E-state index contributed by atoms with van der Waals surface area (Å²) in [4.78, 5) is 22.6. The van der Waals surface area contributed by atoms with Crippen molar-refractivity contribution in [2.24, 2.45) is 11.8 Å². The highest BCUT2D eigenvalue weighted by Crippen LogP contribution is 2.27. The lowest BCUT2D eigenvalue weighted by atomic mass is 9.86. The number of carbonyl (C=O) groups excluding carboxylic acids is 2. The lowest BCUT2D eigenvalue weighted by Crippen LogP contribution is -2.40. The molecule has 1 aliphatic carbocycles. The van der Waals surface area contributed by atoms with Crippen LogP contribution in [0, 0.1) is 11.8 Å².